The molecule has 2 aliphatic rings. The summed E-state index contributed by atoms with van der Waals surface area (Å²) in [4.78, 5) is 31.0. The monoisotopic (exact) mass is 599 g/mol. The van der Waals surface area contributed by atoms with E-state index in [0.717, 1.165) is 33.4 Å². The number of amides is 2. The van der Waals surface area contributed by atoms with Crippen LogP contribution >= 0.6 is 0 Å². The number of aliphatic hydroxyl groups excluding tert-OH is 1. The van der Waals surface area contributed by atoms with Gasteiger partial charge in [0.15, 0.2) is 5.60 Å². The molecule has 2 atom stereocenters. The number of anilines is 3. The van der Waals surface area contributed by atoms with E-state index in [4.69, 9.17) is 5.11 Å². The summed E-state index contributed by atoms with van der Waals surface area (Å²) in [5.41, 5.74) is 3.34. The van der Waals surface area contributed by atoms with Gasteiger partial charge in [0.25, 0.3) is 11.8 Å². The summed E-state index contributed by atoms with van der Waals surface area (Å²) < 4.78 is 1.72. The van der Waals surface area contributed by atoms with Crippen LogP contribution in [0, 0.1) is 5.92 Å². The lowest BCUT2D eigenvalue weighted by Gasteiger charge is -2.28. The molecule has 0 fully saturated rings. The third-order valence-electron chi connectivity index (χ3n) is 8.81. The number of aliphatic hydroxyl groups is 2. The second kappa shape index (κ2) is 11.4. The number of hydrogen-bond acceptors (Lipinski definition) is 6. The minimum atomic E-state index is -1.73. The molecule has 226 valence electrons. The van der Waals surface area contributed by atoms with Gasteiger partial charge in [-0.15, -0.1) is 5.10 Å². The van der Waals surface area contributed by atoms with Crippen molar-refractivity contribution in [2.45, 2.75) is 38.5 Å². The molecular formula is C36H33N5O4. The van der Waals surface area contributed by atoms with E-state index in [-0.39, 0.29) is 25.0 Å². The molecule has 2 aliphatic heterocycles. The summed E-state index contributed by atoms with van der Waals surface area (Å²) >= 11 is 0. The van der Waals surface area contributed by atoms with Crippen LogP contribution in [0.3, 0.4) is 0 Å². The maximum absolute atomic E-state index is 14.1. The van der Waals surface area contributed by atoms with E-state index in [1.807, 2.05) is 110 Å². The Balaban J connectivity index is 1.12. The molecule has 9 heteroatoms. The number of nitrogens with zero attached hydrogens (tertiary/aromatic N) is 5. The number of para-hydroxylation sites is 1. The van der Waals surface area contributed by atoms with Gasteiger partial charge in [0.05, 0.1) is 29.2 Å². The first-order chi connectivity index (χ1) is 21.9. The van der Waals surface area contributed by atoms with Gasteiger partial charge < -0.3 is 15.1 Å². The van der Waals surface area contributed by atoms with Crippen LogP contribution in [0.15, 0.2) is 103 Å². The van der Waals surface area contributed by atoms with Crippen molar-refractivity contribution in [3.63, 3.8) is 0 Å². The van der Waals surface area contributed by atoms with E-state index < -0.39 is 11.5 Å². The van der Waals surface area contributed by atoms with Gasteiger partial charge >= 0.3 is 0 Å². The Bertz CT molecular complexity index is 1960. The molecule has 0 spiro atoms. The Morgan fingerprint density at radius 2 is 1.73 bits per heavy atom. The lowest BCUT2D eigenvalue weighted by Crippen LogP contribution is -2.44. The Morgan fingerprint density at radius 3 is 2.58 bits per heavy atom. The largest absolute Gasteiger partial charge is 0.396 e. The number of aryl methyl sites for hydroxylation is 1. The molecule has 7 rings (SSSR count). The molecule has 9 nitrogen and oxygen atoms in total. The molecule has 0 unspecified atom stereocenters. The molecule has 5 aromatic rings. The average molecular weight is 600 g/mol. The van der Waals surface area contributed by atoms with Gasteiger partial charge in [-0.05, 0) is 47.7 Å². The first kappa shape index (κ1) is 28.6. The molecule has 0 aliphatic carbocycles. The van der Waals surface area contributed by atoms with Crippen molar-refractivity contribution in [3.05, 3.63) is 126 Å². The van der Waals surface area contributed by atoms with Crippen molar-refractivity contribution < 1.29 is 19.8 Å². The maximum Gasteiger partial charge on any atom is 0.264 e. The number of aromatic nitrogens is 3. The molecule has 2 amide bonds. The fourth-order valence-corrected chi connectivity index (χ4v) is 6.53. The predicted octanol–water partition coefficient (Wildman–Crippen LogP) is 5.28. The summed E-state index contributed by atoms with van der Waals surface area (Å²) in [7, 11) is 0. The van der Waals surface area contributed by atoms with Gasteiger partial charge in [-0.1, -0.05) is 78.9 Å². The number of allylic oxidation sites excluding steroid dienone is 1. The van der Waals surface area contributed by atoms with Gasteiger partial charge in [0, 0.05) is 48.3 Å². The Hall–Kier alpha value is -5.12. The van der Waals surface area contributed by atoms with Crippen LogP contribution in [-0.4, -0.2) is 43.6 Å². The standard InChI is InChI=1S/C36H33N5O4/c1-24(9-4-5-19-39-23-27(18-20-42)37-38-39)36(45)30-15-2-3-16-31(30)40(35(36)44)22-25-10-6-13-28(21-25)41-32-17-8-12-26-11-7-14-29(33(26)32)34(41)43/h2-4,6-17,21,23-24,42,45H,5,18-20,22H2,1H3/b9-4+/t24-,36+/m1/s1. The second-order valence-electron chi connectivity index (χ2n) is 11.6. The van der Waals surface area contributed by atoms with E-state index in [2.05, 4.69) is 10.3 Å². The molecule has 4 aromatic carbocycles. The topological polar surface area (TPSA) is 112 Å². The number of carbonyl (C=O) groups is 2. The highest BCUT2D eigenvalue weighted by Gasteiger charge is 2.52. The molecule has 1 aromatic heterocycles. The van der Waals surface area contributed by atoms with Crippen LogP contribution < -0.4 is 9.80 Å². The van der Waals surface area contributed by atoms with Crippen molar-refractivity contribution >= 4 is 39.6 Å². The van der Waals surface area contributed by atoms with E-state index >= 15 is 0 Å². The van der Waals surface area contributed by atoms with Crippen LogP contribution in [0.1, 0.15) is 40.5 Å². The SMILES string of the molecule is C[C@H](/C=C/CCn1cc(CCO)nn1)[C@@]1(O)C(=O)N(Cc2cccc(N3C(=O)c4cccc5cccc3c45)c2)c2ccccc21. The van der Waals surface area contributed by atoms with Crippen LogP contribution in [0.2, 0.25) is 0 Å². The minimum absolute atomic E-state index is 0.0242. The van der Waals surface area contributed by atoms with Crippen molar-refractivity contribution in [1.29, 1.82) is 0 Å². The van der Waals surface area contributed by atoms with Crippen LogP contribution in [0.25, 0.3) is 10.8 Å². The second-order valence-corrected chi connectivity index (χ2v) is 11.6. The molecule has 0 bridgehead atoms. The van der Waals surface area contributed by atoms with E-state index in [1.165, 1.54) is 0 Å². The van der Waals surface area contributed by atoms with Crippen molar-refractivity contribution in [2.75, 3.05) is 16.4 Å². The van der Waals surface area contributed by atoms with Gasteiger partial charge in [-0.2, -0.15) is 0 Å². The van der Waals surface area contributed by atoms with Crippen molar-refractivity contribution in [3.8, 4) is 0 Å². The first-order valence-corrected chi connectivity index (χ1v) is 15.2. The molecular weight excluding hydrogens is 566 g/mol. The van der Waals surface area contributed by atoms with Crippen molar-refractivity contribution in [2.24, 2.45) is 5.92 Å². The molecule has 0 saturated heterocycles. The predicted molar refractivity (Wildman–Crippen MR) is 172 cm³/mol. The maximum atomic E-state index is 14.1. The number of carbonyl (C=O) groups excluding carboxylic acids is 2. The summed E-state index contributed by atoms with van der Waals surface area (Å²) in [6, 6.07) is 26.7. The van der Waals surface area contributed by atoms with E-state index in [0.29, 0.717) is 36.2 Å². The van der Waals surface area contributed by atoms with Gasteiger partial charge in [0.2, 0.25) is 0 Å². The third kappa shape index (κ3) is 4.81. The highest BCUT2D eigenvalue weighted by Crippen LogP contribution is 2.46. The van der Waals surface area contributed by atoms with E-state index in [1.54, 1.807) is 14.5 Å². The highest BCUT2D eigenvalue weighted by molar-refractivity contribution is 6.27. The Labute approximate surface area is 260 Å². The number of benzene rings is 4. The van der Waals surface area contributed by atoms with Crippen LogP contribution in [0.4, 0.5) is 17.1 Å². The van der Waals surface area contributed by atoms with Crippen LogP contribution in [0.5, 0.6) is 0 Å². The summed E-state index contributed by atoms with van der Waals surface area (Å²) in [5.74, 6) is -0.957. The zero-order chi connectivity index (χ0) is 31.1. The highest BCUT2D eigenvalue weighted by atomic mass is 16.3. The quantitative estimate of drug-likeness (QED) is 0.212. The molecule has 0 radical (unpaired) electrons. The van der Waals surface area contributed by atoms with Gasteiger partial charge in [0.1, 0.15) is 0 Å². The van der Waals surface area contributed by atoms with Crippen LogP contribution in [-0.2, 0) is 29.9 Å². The summed E-state index contributed by atoms with van der Waals surface area (Å²) in [6.07, 6.45) is 6.74. The molecule has 2 N–H and O–H groups in total. The molecule has 3 heterocycles. The molecule has 0 saturated carbocycles. The third-order valence-corrected chi connectivity index (χ3v) is 8.81. The van der Waals surface area contributed by atoms with Crippen molar-refractivity contribution in [1.82, 2.24) is 15.0 Å². The Morgan fingerprint density at radius 1 is 0.956 bits per heavy atom. The first-order valence-electron chi connectivity index (χ1n) is 15.2. The Kier molecular flexibility index (Phi) is 7.27. The molecule has 45 heavy (non-hydrogen) atoms. The zero-order valence-corrected chi connectivity index (χ0v) is 24.9. The summed E-state index contributed by atoms with van der Waals surface area (Å²) in [5, 5.41) is 31.2. The number of fused-ring (bicyclic) bond motifs is 1. The number of rotatable bonds is 10. The van der Waals surface area contributed by atoms with Gasteiger partial charge in [-0.25, -0.2) is 0 Å². The minimum Gasteiger partial charge on any atom is -0.396 e. The van der Waals surface area contributed by atoms with E-state index in [9.17, 15) is 14.7 Å². The average Bonchev–Trinajstić information content (AvgIpc) is 3.69. The lowest BCUT2D eigenvalue weighted by atomic mass is 9.83. The fraction of sp³-hybridized carbons (Fsp3) is 0.222. The number of hydrogen-bond donors (Lipinski definition) is 2. The summed E-state index contributed by atoms with van der Waals surface area (Å²) in [6.45, 7) is 2.70. The van der Waals surface area contributed by atoms with Gasteiger partial charge in [-0.3, -0.25) is 19.2 Å². The fourth-order valence-electron chi connectivity index (χ4n) is 6.53. The smallest absolute Gasteiger partial charge is 0.264 e. The normalized spacial score (nSPS) is 18.0. The lowest BCUT2D eigenvalue weighted by molar-refractivity contribution is -0.139. The zero-order valence-electron chi connectivity index (χ0n) is 24.9.